The highest BCUT2D eigenvalue weighted by Gasteiger charge is 2.18. The molecule has 0 spiro atoms. The van der Waals surface area contributed by atoms with E-state index in [2.05, 4.69) is 13.8 Å². The number of rotatable bonds is 5. The Balaban J connectivity index is 2.74. The van der Waals surface area contributed by atoms with Gasteiger partial charge in [-0.25, -0.2) is 0 Å². The first-order valence-corrected chi connectivity index (χ1v) is 6.43. The molecule has 0 fully saturated rings. The molecule has 0 radical (unpaired) electrons. The summed E-state index contributed by atoms with van der Waals surface area (Å²) in [6.45, 7) is 4.13. The Morgan fingerprint density at radius 3 is 2.33 bits per heavy atom. The molecule has 0 aliphatic rings. The molecule has 84 valence electrons. The van der Waals surface area contributed by atoms with Crippen LogP contribution >= 0.6 is 0 Å². The first-order chi connectivity index (χ1) is 7.15. The van der Waals surface area contributed by atoms with Gasteiger partial charge in [0.05, 0.1) is 22.7 Å². The minimum atomic E-state index is -1.09. The van der Waals surface area contributed by atoms with Gasteiger partial charge in [-0.05, 0) is 24.5 Å². The topological polar surface area (TPSA) is 37.3 Å². The first-order valence-electron chi connectivity index (χ1n) is 5.21. The zero-order valence-corrected chi connectivity index (χ0v) is 10.0. The zero-order valence-electron chi connectivity index (χ0n) is 9.22. The molecule has 0 aromatic heterocycles. The second kappa shape index (κ2) is 6.03. The van der Waals surface area contributed by atoms with Crippen LogP contribution in [0.25, 0.3) is 0 Å². The van der Waals surface area contributed by atoms with Crippen LogP contribution in [-0.4, -0.2) is 21.2 Å². The van der Waals surface area contributed by atoms with Gasteiger partial charge in [0.1, 0.15) is 0 Å². The molecule has 1 unspecified atom stereocenters. The normalized spacial score (nSPS) is 15.2. The molecule has 0 aliphatic carbocycles. The molecule has 15 heavy (non-hydrogen) atoms. The van der Waals surface area contributed by atoms with Crippen LogP contribution < -0.4 is 0 Å². The van der Waals surface area contributed by atoms with Gasteiger partial charge >= 0.3 is 0 Å². The van der Waals surface area contributed by atoms with Gasteiger partial charge in [0, 0.05) is 4.90 Å². The fourth-order valence-electron chi connectivity index (χ4n) is 1.50. The van der Waals surface area contributed by atoms with E-state index in [1.54, 1.807) is 0 Å². The summed E-state index contributed by atoms with van der Waals surface area (Å²) in [4.78, 5) is 0.803. The van der Waals surface area contributed by atoms with Crippen molar-refractivity contribution in [3.63, 3.8) is 0 Å². The summed E-state index contributed by atoms with van der Waals surface area (Å²) in [5, 5.41) is 9.07. The lowest BCUT2D eigenvalue weighted by molar-refractivity contribution is 0.280. The average Bonchev–Trinajstić information content (AvgIpc) is 2.26. The number of hydrogen-bond donors (Lipinski definition) is 1. The number of aliphatic hydroxyl groups is 1. The van der Waals surface area contributed by atoms with Crippen molar-refractivity contribution in [1.29, 1.82) is 0 Å². The molecule has 0 saturated heterocycles. The highest BCUT2D eigenvalue weighted by molar-refractivity contribution is 7.85. The molecular formula is C12H18O2S. The third kappa shape index (κ3) is 3.76. The molecular weight excluding hydrogens is 208 g/mol. The van der Waals surface area contributed by atoms with Crippen LogP contribution in [0.5, 0.6) is 0 Å². The molecule has 3 heteroatoms. The smallest absolute Gasteiger partial charge is 0.0628 e. The predicted octanol–water partition coefficient (Wildman–Crippen LogP) is 2.20. The Kier molecular flexibility index (Phi) is 4.99. The van der Waals surface area contributed by atoms with Gasteiger partial charge in [0.2, 0.25) is 0 Å². The lowest BCUT2D eigenvalue weighted by Crippen LogP contribution is -2.21. The van der Waals surface area contributed by atoms with E-state index in [0.717, 1.165) is 11.3 Å². The Bertz CT molecular complexity index is 309. The summed E-state index contributed by atoms with van der Waals surface area (Å²) in [6.07, 6.45) is 0.790. The molecule has 0 bridgehead atoms. The maximum Gasteiger partial charge on any atom is 0.0628 e. The van der Waals surface area contributed by atoms with Crippen LogP contribution in [0.2, 0.25) is 0 Å². The van der Waals surface area contributed by atoms with E-state index in [0.29, 0.717) is 5.92 Å². The monoisotopic (exact) mass is 226 g/mol. The molecule has 1 rings (SSSR count). The molecule has 0 saturated carbocycles. The van der Waals surface area contributed by atoms with Crippen LogP contribution in [0.15, 0.2) is 35.2 Å². The fourth-order valence-corrected chi connectivity index (χ4v) is 3.01. The summed E-state index contributed by atoms with van der Waals surface area (Å²) in [7, 11) is -1.09. The Morgan fingerprint density at radius 1 is 1.27 bits per heavy atom. The largest absolute Gasteiger partial charge is 0.395 e. The molecule has 1 aromatic carbocycles. The van der Waals surface area contributed by atoms with Crippen molar-refractivity contribution in [3.05, 3.63) is 30.3 Å². The van der Waals surface area contributed by atoms with E-state index in [1.165, 1.54) is 0 Å². The predicted molar refractivity (Wildman–Crippen MR) is 63.2 cm³/mol. The van der Waals surface area contributed by atoms with Crippen molar-refractivity contribution in [2.75, 3.05) is 6.61 Å². The van der Waals surface area contributed by atoms with Gasteiger partial charge in [-0.1, -0.05) is 32.0 Å². The number of hydrogen-bond acceptors (Lipinski definition) is 2. The highest BCUT2D eigenvalue weighted by Crippen LogP contribution is 2.16. The Labute approximate surface area is 93.8 Å². The second-order valence-electron chi connectivity index (χ2n) is 4.04. The van der Waals surface area contributed by atoms with Crippen molar-refractivity contribution in [2.45, 2.75) is 30.4 Å². The van der Waals surface area contributed by atoms with Crippen LogP contribution in [0.3, 0.4) is 0 Å². The van der Waals surface area contributed by atoms with E-state index in [1.807, 2.05) is 30.3 Å². The lowest BCUT2D eigenvalue weighted by atomic mass is 10.1. The van der Waals surface area contributed by atoms with E-state index in [-0.39, 0.29) is 11.9 Å². The molecule has 2 atom stereocenters. The van der Waals surface area contributed by atoms with Gasteiger partial charge in [0.15, 0.2) is 0 Å². The molecule has 0 amide bonds. The first kappa shape index (κ1) is 12.4. The van der Waals surface area contributed by atoms with Gasteiger partial charge < -0.3 is 5.11 Å². The number of aliphatic hydroxyl groups excluding tert-OH is 1. The highest BCUT2D eigenvalue weighted by atomic mass is 32.2. The lowest BCUT2D eigenvalue weighted by Gasteiger charge is -2.15. The van der Waals surface area contributed by atoms with E-state index in [9.17, 15) is 9.32 Å². The van der Waals surface area contributed by atoms with Crippen molar-refractivity contribution >= 4 is 10.8 Å². The van der Waals surface area contributed by atoms with Crippen molar-refractivity contribution < 1.29 is 9.32 Å². The molecule has 2 nitrogen and oxygen atoms in total. The van der Waals surface area contributed by atoms with Crippen molar-refractivity contribution in [2.24, 2.45) is 5.92 Å². The number of benzene rings is 1. The van der Waals surface area contributed by atoms with Gasteiger partial charge in [-0.15, -0.1) is 0 Å². The van der Waals surface area contributed by atoms with Crippen LogP contribution in [-0.2, 0) is 10.8 Å². The molecule has 1 aromatic rings. The van der Waals surface area contributed by atoms with Crippen molar-refractivity contribution in [3.8, 4) is 0 Å². The SMILES string of the molecule is CC(C)C[C@H](CO)S(=O)c1ccccc1. The molecule has 0 heterocycles. The van der Waals surface area contributed by atoms with Crippen LogP contribution in [0.1, 0.15) is 20.3 Å². The third-order valence-corrected chi connectivity index (χ3v) is 3.90. The molecule has 1 N–H and O–H groups in total. The van der Waals surface area contributed by atoms with Crippen molar-refractivity contribution in [1.82, 2.24) is 0 Å². The minimum Gasteiger partial charge on any atom is -0.395 e. The third-order valence-electron chi connectivity index (χ3n) is 2.22. The van der Waals surface area contributed by atoms with E-state index >= 15 is 0 Å². The van der Waals surface area contributed by atoms with Crippen LogP contribution in [0.4, 0.5) is 0 Å². The summed E-state index contributed by atoms with van der Waals surface area (Å²) < 4.78 is 12.1. The summed E-state index contributed by atoms with van der Waals surface area (Å²) in [6, 6.07) is 9.34. The summed E-state index contributed by atoms with van der Waals surface area (Å²) in [5.41, 5.74) is 0. The standard InChI is InChI=1S/C12H18O2S/c1-10(2)8-12(9-13)15(14)11-6-4-3-5-7-11/h3-7,10,12-13H,8-9H2,1-2H3/t12-,15?/m1/s1. The van der Waals surface area contributed by atoms with E-state index < -0.39 is 10.8 Å². The Hall–Kier alpha value is -0.670. The maximum atomic E-state index is 12.1. The van der Waals surface area contributed by atoms with Gasteiger partial charge in [-0.2, -0.15) is 0 Å². The van der Waals surface area contributed by atoms with Gasteiger partial charge in [-0.3, -0.25) is 4.21 Å². The average molecular weight is 226 g/mol. The fraction of sp³-hybridized carbons (Fsp3) is 0.500. The second-order valence-corrected chi connectivity index (χ2v) is 5.78. The van der Waals surface area contributed by atoms with Gasteiger partial charge in [0.25, 0.3) is 0 Å². The maximum absolute atomic E-state index is 12.1. The Morgan fingerprint density at radius 2 is 1.87 bits per heavy atom. The summed E-state index contributed by atoms with van der Waals surface area (Å²) >= 11 is 0. The van der Waals surface area contributed by atoms with E-state index in [4.69, 9.17) is 0 Å². The minimum absolute atomic E-state index is 0.0142. The molecule has 0 aliphatic heterocycles. The quantitative estimate of drug-likeness (QED) is 0.835. The summed E-state index contributed by atoms with van der Waals surface area (Å²) in [5.74, 6) is 0.454. The van der Waals surface area contributed by atoms with Crippen LogP contribution in [0, 0.1) is 5.92 Å². The zero-order chi connectivity index (χ0) is 11.3.